The molecule has 3 nitrogen and oxygen atoms in total. The monoisotopic (exact) mass is 285 g/mol. The second kappa shape index (κ2) is 5.94. The zero-order chi connectivity index (χ0) is 13.9. The van der Waals surface area contributed by atoms with E-state index in [1.165, 1.54) is 27.4 Å². The number of benzene rings is 1. The molecule has 0 fully saturated rings. The molecule has 0 amide bonds. The van der Waals surface area contributed by atoms with Crippen LogP contribution in [-0.4, -0.2) is 9.97 Å². The third-order valence-corrected chi connectivity index (χ3v) is 4.50. The SMILES string of the molecule is CCc1nc(CSc2cccc(C)c2)nc2c1CNC2. The number of thioether (sulfide) groups is 1. The zero-order valence-electron chi connectivity index (χ0n) is 11.9. The second-order valence-electron chi connectivity index (χ2n) is 5.07. The predicted molar refractivity (Wildman–Crippen MR) is 82.7 cm³/mol. The summed E-state index contributed by atoms with van der Waals surface area (Å²) in [5.41, 5.74) is 5.01. The number of hydrogen-bond acceptors (Lipinski definition) is 4. The van der Waals surface area contributed by atoms with Gasteiger partial charge in [0.15, 0.2) is 0 Å². The highest BCUT2D eigenvalue weighted by atomic mass is 32.2. The van der Waals surface area contributed by atoms with Crippen LogP contribution in [0, 0.1) is 6.92 Å². The fourth-order valence-electron chi connectivity index (χ4n) is 2.50. The largest absolute Gasteiger partial charge is 0.307 e. The first kappa shape index (κ1) is 13.6. The molecular weight excluding hydrogens is 266 g/mol. The summed E-state index contributed by atoms with van der Waals surface area (Å²) in [5, 5.41) is 3.36. The summed E-state index contributed by atoms with van der Waals surface area (Å²) in [7, 11) is 0. The van der Waals surface area contributed by atoms with Crippen molar-refractivity contribution in [2.24, 2.45) is 0 Å². The van der Waals surface area contributed by atoms with Gasteiger partial charge < -0.3 is 5.32 Å². The molecule has 104 valence electrons. The van der Waals surface area contributed by atoms with Crippen molar-refractivity contribution in [1.82, 2.24) is 15.3 Å². The molecule has 4 heteroatoms. The summed E-state index contributed by atoms with van der Waals surface area (Å²) in [6, 6.07) is 8.58. The van der Waals surface area contributed by atoms with Gasteiger partial charge in [-0.3, -0.25) is 0 Å². The van der Waals surface area contributed by atoms with Crippen molar-refractivity contribution in [2.45, 2.75) is 44.0 Å². The van der Waals surface area contributed by atoms with Crippen molar-refractivity contribution in [3.05, 3.63) is 52.6 Å². The Labute approximate surface area is 124 Å². The van der Waals surface area contributed by atoms with E-state index >= 15 is 0 Å². The van der Waals surface area contributed by atoms with Gasteiger partial charge >= 0.3 is 0 Å². The molecule has 1 aromatic heterocycles. The second-order valence-corrected chi connectivity index (χ2v) is 6.12. The Balaban J connectivity index is 1.78. The van der Waals surface area contributed by atoms with Crippen molar-refractivity contribution in [3.8, 4) is 0 Å². The summed E-state index contributed by atoms with van der Waals surface area (Å²) in [4.78, 5) is 10.7. The molecule has 3 rings (SSSR count). The van der Waals surface area contributed by atoms with Crippen LogP contribution in [0.3, 0.4) is 0 Å². The number of fused-ring (bicyclic) bond motifs is 1. The molecule has 0 unspecified atom stereocenters. The summed E-state index contributed by atoms with van der Waals surface area (Å²) >= 11 is 1.81. The van der Waals surface area contributed by atoms with Crippen LogP contribution >= 0.6 is 11.8 Å². The Kier molecular flexibility index (Phi) is 4.03. The number of nitrogens with zero attached hydrogens (tertiary/aromatic N) is 2. The summed E-state index contributed by atoms with van der Waals surface area (Å²) in [6.07, 6.45) is 0.981. The van der Waals surface area contributed by atoms with Crippen molar-refractivity contribution < 1.29 is 0 Å². The van der Waals surface area contributed by atoms with Crippen LogP contribution in [0.1, 0.15) is 35.3 Å². The van der Waals surface area contributed by atoms with Gasteiger partial charge in [-0.1, -0.05) is 24.6 Å². The van der Waals surface area contributed by atoms with Gasteiger partial charge in [-0.05, 0) is 25.5 Å². The molecule has 1 N–H and O–H groups in total. The van der Waals surface area contributed by atoms with Gasteiger partial charge in [0, 0.05) is 29.2 Å². The van der Waals surface area contributed by atoms with Crippen LogP contribution < -0.4 is 5.32 Å². The lowest BCUT2D eigenvalue weighted by molar-refractivity contribution is 0.755. The fourth-order valence-corrected chi connectivity index (χ4v) is 3.37. The molecule has 0 saturated carbocycles. The molecule has 0 saturated heterocycles. The Morgan fingerprint density at radius 2 is 2.15 bits per heavy atom. The molecule has 2 aromatic rings. The van der Waals surface area contributed by atoms with Gasteiger partial charge in [-0.15, -0.1) is 11.8 Å². The number of hydrogen-bond donors (Lipinski definition) is 1. The van der Waals surface area contributed by atoms with Gasteiger partial charge in [-0.25, -0.2) is 9.97 Å². The van der Waals surface area contributed by atoms with E-state index in [9.17, 15) is 0 Å². The van der Waals surface area contributed by atoms with E-state index in [0.29, 0.717) is 0 Å². The third-order valence-electron chi connectivity index (χ3n) is 3.51. The van der Waals surface area contributed by atoms with E-state index in [1.807, 2.05) is 0 Å². The lowest BCUT2D eigenvalue weighted by Gasteiger charge is -2.08. The summed E-state index contributed by atoms with van der Waals surface area (Å²) in [6.45, 7) is 6.09. The van der Waals surface area contributed by atoms with Gasteiger partial charge in [0.05, 0.1) is 11.4 Å². The summed E-state index contributed by atoms with van der Waals surface area (Å²) < 4.78 is 0. The molecule has 0 atom stereocenters. The third kappa shape index (κ3) is 2.86. The minimum Gasteiger partial charge on any atom is -0.307 e. The lowest BCUT2D eigenvalue weighted by Crippen LogP contribution is -2.04. The fraction of sp³-hybridized carbons (Fsp3) is 0.375. The van der Waals surface area contributed by atoms with E-state index < -0.39 is 0 Å². The zero-order valence-corrected chi connectivity index (χ0v) is 12.8. The minimum atomic E-state index is 0.837. The maximum atomic E-state index is 4.73. The van der Waals surface area contributed by atoms with Crippen molar-refractivity contribution in [1.29, 1.82) is 0 Å². The highest BCUT2D eigenvalue weighted by Gasteiger charge is 2.17. The molecule has 0 aliphatic carbocycles. The van der Waals surface area contributed by atoms with Crippen LogP contribution in [0.15, 0.2) is 29.2 Å². The standard InChI is InChI=1S/C16H19N3S/c1-3-14-13-8-17-9-15(13)19-16(18-14)10-20-12-6-4-5-11(2)7-12/h4-7,17H,3,8-10H2,1-2H3. The number of nitrogens with one attached hydrogen (secondary N) is 1. The van der Waals surface area contributed by atoms with Crippen LogP contribution in [0.4, 0.5) is 0 Å². The van der Waals surface area contributed by atoms with Crippen LogP contribution in [0.5, 0.6) is 0 Å². The Bertz CT molecular complexity index is 625. The highest BCUT2D eigenvalue weighted by Crippen LogP contribution is 2.24. The van der Waals surface area contributed by atoms with E-state index in [-0.39, 0.29) is 0 Å². The molecule has 0 spiro atoms. The molecular formula is C16H19N3S. The molecule has 1 aliphatic heterocycles. The topological polar surface area (TPSA) is 37.8 Å². The minimum absolute atomic E-state index is 0.837. The molecule has 1 aliphatic rings. The Morgan fingerprint density at radius 3 is 2.95 bits per heavy atom. The molecule has 0 bridgehead atoms. The quantitative estimate of drug-likeness (QED) is 0.875. The van der Waals surface area contributed by atoms with E-state index in [2.05, 4.69) is 43.4 Å². The van der Waals surface area contributed by atoms with Crippen LogP contribution in [0.2, 0.25) is 0 Å². The molecule has 2 heterocycles. The van der Waals surface area contributed by atoms with Gasteiger partial charge in [0.25, 0.3) is 0 Å². The number of rotatable bonds is 4. The van der Waals surface area contributed by atoms with Gasteiger partial charge in [0.1, 0.15) is 5.82 Å². The van der Waals surface area contributed by atoms with Crippen molar-refractivity contribution >= 4 is 11.8 Å². The first-order valence-electron chi connectivity index (χ1n) is 7.04. The Morgan fingerprint density at radius 1 is 1.25 bits per heavy atom. The normalized spacial score (nSPS) is 13.5. The lowest BCUT2D eigenvalue weighted by atomic mass is 10.1. The number of aromatic nitrogens is 2. The van der Waals surface area contributed by atoms with Crippen molar-refractivity contribution in [3.63, 3.8) is 0 Å². The molecule has 0 radical (unpaired) electrons. The maximum absolute atomic E-state index is 4.73. The highest BCUT2D eigenvalue weighted by molar-refractivity contribution is 7.98. The van der Waals surface area contributed by atoms with Gasteiger partial charge in [-0.2, -0.15) is 0 Å². The average Bonchev–Trinajstić information content (AvgIpc) is 2.92. The number of aryl methyl sites for hydroxylation is 2. The van der Waals surface area contributed by atoms with E-state index in [4.69, 9.17) is 9.97 Å². The first-order chi connectivity index (χ1) is 9.76. The van der Waals surface area contributed by atoms with Crippen LogP contribution in [-0.2, 0) is 25.3 Å². The first-order valence-corrected chi connectivity index (χ1v) is 8.02. The summed E-state index contributed by atoms with van der Waals surface area (Å²) in [5.74, 6) is 1.79. The van der Waals surface area contributed by atoms with Crippen LogP contribution in [0.25, 0.3) is 0 Å². The predicted octanol–water partition coefficient (Wildman–Crippen LogP) is 3.24. The van der Waals surface area contributed by atoms with E-state index in [0.717, 1.165) is 31.1 Å². The van der Waals surface area contributed by atoms with E-state index in [1.54, 1.807) is 11.8 Å². The smallest absolute Gasteiger partial charge is 0.139 e. The molecule has 20 heavy (non-hydrogen) atoms. The maximum Gasteiger partial charge on any atom is 0.139 e. The van der Waals surface area contributed by atoms with Crippen molar-refractivity contribution in [2.75, 3.05) is 0 Å². The Hall–Kier alpha value is -1.39. The van der Waals surface area contributed by atoms with Gasteiger partial charge in [0.2, 0.25) is 0 Å². The molecule has 1 aromatic carbocycles. The average molecular weight is 285 g/mol.